The first-order chi connectivity index (χ1) is 10.8. The van der Waals surface area contributed by atoms with Gasteiger partial charge >= 0.3 is 0 Å². The monoisotopic (exact) mass is 299 g/mol. The highest BCUT2D eigenvalue weighted by molar-refractivity contribution is 5.50. The molecule has 7 heteroatoms. The van der Waals surface area contributed by atoms with Gasteiger partial charge < -0.3 is 13.7 Å². The number of fused-ring (bicyclic) bond motifs is 1. The van der Waals surface area contributed by atoms with Gasteiger partial charge in [0.05, 0.1) is 26.0 Å². The molecular formula is C15H13N3O4. The molecule has 0 bridgehead atoms. The molecule has 0 atom stereocenters. The maximum absolute atomic E-state index is 12.0. The number of nitrogens with zero attached hydrogens (tertiary/aromatic N) is 3. The third-order valence-corrected chi connectivity index (χ3v) is 3.61. The summed E-state index contributed by atoms with van der Waals surface area (Å²) in [7, 11) is 0. The van der Waals surface area contributed by atoms with Gasteiger partial charge in [0, 0.05) is 18.1 Å². The maximum atomic E-state index is 12.0. The van der Waals surface area contributed by atoms with Gasteiger partial charge in [-0.05, 0) is 18.2 Å². The molecule has 0 fully saturated rings. The topological polar surface area (TPSA) is 83.3 Å². The molecule has 4 heterocycles. The third-order valence-electron chi connectivity index (χ3n) is 3.61. The Morgan fingerprint density at radius 2 is 2.23 bits per heavy atom. The highest BCUT2D eigenvalue weighted by Crippen LogP contribution is 2.21. The molecule has 22 heavy (non-hydrogen) atoms. The number of hydrogen-bond acceptors (Lipinski definition) is 6. The third kappa shape index (κ3) is 2.25. The molecule has 0 aliphatic carbocycles. The van der Waals surface area contributed by atoms with E-state index in [1.54, 1.807) is 24.5 Å². The second-order valence-corrected chi connectivity index (χ2v) is 5.03. The van der Waals surface area contributed by atoms with E-state index in [0.717, 1.165) is 11.3 Å². The standard InChI is InChI=1S/C15H13N3O4/c19-15-4-3-11(14-2-1-6-21-14)16-18(15)8-12-10-9-20-7-5-13(10)22-17-12/h1-4,6H,5,7-9H2. The van der Waals surface area contributed by atoms with Crippen LogP contribution in [0.1, 0.15) is 17.0 Å². The van der Waals surface area contributed by atoms with Gasteiger partial charge in [0.1, 0.15) is 17.1 Å². The van der Waals surface area contributed by atoms with E-state index in [1.807, 2.05) is 0 Å². The number of rotatable bonds is 3. The first kappa shape index (κ1) is 13.0. The lowest BCUT2D eigenvalue weighted by atomic mass is 10.1. The molecule has 0 N–H and O–H groups in total. The number of aromatic nitrogens is 3. The van der Waals surface area contributed by atoms with Crippen molar-refractivity contribution >= 4 is 0 Å². The van der Waals surface area contributed by atoms with Crippen molar-refractivity contribution in [2.75, 3.05) is 6.61 Å². The van der Waals surface area contributed by atoms with E-state index in [2.05, 4.69) is 10.3 Å². The smallest absolute Gasteiger partial charge is 0.267 e. The van der Waals surface area contributed by atoms with Crippen LogP contribution in [0, 0.1) is 0 Å². The molecule has 4 rings (SSSR count). The van der Waals surface area contributed by atoms with Crippen LogP contribution >= 0.6 is 0 Å². The van der Waals surface area contributed by atoms with Gasteiger partial charge in [0.15, 0.2) is 5.76 Å². The molecule has 0 spiro atoms. The van der Waals surface area contributed by atoms with Gasteiger partial charge in [0.2, 0.25) is 0 Å². The minimum Gasteiger partial charge on any atom is -0.463 e. The first-order valence-corrected chi connectivity index (χ1v) is 6.97. The van der Waals surface area contributed by atoms with Gasteiger partial charge in [0.25, 0.3) is 5.56 Å². The van der Waals surface area contributed by atoms with E-state index in [9.17, 15) is 4.79 Å². The number of hydrogen-bond donors (Lipinski definition) is 0. The van der Waals surface area contributed by atoms with Gasteiger partial charge in [-0.2, -0.15) is 5.10 Å². The highest BCUT2D eigenvalue weighted by Gasteiger charge is 2.20. The summed E-state index contributed by atoms with van der Waals surface area (Å²) in [6.07, 6.45) is 2.27. The van der Waals surface area contributed by atoms with Crippen LogP contribution in [0.4, 0.5) is 0 Å². The van der Waals surface area contributed by atoms with Crippen molar-refractivity contribution in [3.8, 4) is 11.5 Å². The average molecular weight is 299 g/mol. The Morgan fingerprint density at radius 3 is 3.09 bits per heavy atom. The van der Waals surface area contributed by atoms with E-state index < -0.39 is 0 Å². The molecule has 0 aromatic carbocycles. The number of furan rings is 1. The lowest BCUT2D eigenvalue weighted by Gasteiger charge is -2.11. The Morgan fingerprint density at radius 1 is 1.27 bits per heavy atom. The summed E-state index contributed by atoms with van der Waals surface area (Å²) in [4.78, 5) is 12.0. The van der Waals surface area contributed by atoms with Crippen LogP contribution in [0.15, 0.2) is 44.3 Å². The molecule has 0 amide bonds. The van der Waals surface area contributed by atoms with Crippen molar-refractivity contribution < 1.29 is 13.7 Å². The Hall–Kier alpha value is -2.67. The van der Waals surface area contributed by atoms with Crippen molar-refractivity contribution in [2.24, 2.45) is 0 Å². The summed E-state index contributed by atoms with van der Waals surface area (Å²) < 4.78 is 17.4. The molecule has 3 aromatic heterocycles. The molecule has 3 aromatic rings. The van der Waals surface area contributed by atoms with Crippen LogP contribution < -0.4 is 5.56 Å². The van der Waals surface area contributed by atoms with E-state index in [4.69, 9.17) is 13.7 Å². The fourth-order valence-corrected chi connectivity index (χ4v) is 2.46. The largest absolute Gasteiger partial charge is 0.463 e. The van der Waals surface area contributed by atoms with E-state index >= 15 is 0 Å². The Bertz CT molecular complexity index is 848. The summed E-state index contributed by atoms with van der Waals surface area (Å²) in [6.45, 7) is 1.34. The second kappa shape index (κ2) is 5.27. The molecule has 0 saturated heterocycles. The van der Waals surface area contributed by atoms with Crippen molar-refractivity contribution in [1.29, 1.82) is 0 Å². The minimum absolute atomic E-state index is 0.205. The van der Waals surface area contributed by atoms with Gasteiger partial charge in [-0.15, -0.1) is 0 Å². The van der Waals surface area contributed by atoms with Crippen molar-refractivity contribution in [2.45, 2.75) is 19.6 Å². The SMILES string of the molecule is O=c1ccc(-c2ccco2)nn1Cc1noc2c1COCC2. The van der Waals surface area contributed by atoms with Crippen LogP contribution in [0.5, 0.6) is 0 Å². The Balaban J connectivity index is 1.69. The first-order valence-electron chi connectivity index (χ1n) is 6.97. The van der Waals surface area contributed by atoms with Gasteiger partial charge in [-0.1, -0.05) is 5.16 Å². The zero-order valence-corrected chi connectivity index (χ0v) is 11.7. The van der Waals surface area contributed by atoms with Crippen LogP contribution in [0.25, 0.3) is 11.5 Å². The van der Waals surface area contributed by atoms with E-state index in [0.29, 0.717) is 36.8 Å². The molecule has 7 nitrogen and oxygen atoms in total. The normalized spacial score (nSPS) is 14.0. The summed E-state index contributed by atoms with van der Waals surface area (Å²) in [5.74, 6) is 1.44. The van der Waals surface area contributed by atoms with Crippen molar-refractivity contribution in [3.63, 3.8) is 0 Å². The van der Waals surface area contributed by atoms with Crippen LogP contribution in [0.2, 0.25) is 0 Å². The van der Waals surface area contributed by atoms with E-state index in [-0.39, 0.29) is 12.1 Å². The zero-order chi connectivity index (χ0) is 14.9. The van der Waals surface area contributed by atoms with Gasteiger partial charge in [-0.25, -0.2) is 4.68 Å². The van der Waals surface area contributed by atoms with Crippen LogP contribution in [0.3, 0.4) is 0 Å². The predicted octanol–water partition coefficient (Wildman–Crippen LogP) is 1.61. The highest BCUT2D eigenvalue weighted by atomic mass is 16.5. The quantitative estimate of drug-likeness (QED) is 0.730. The fraction of sp³-hybridized carbons (Fsp3) is 0.267. The summed E-state index contributed by atoms with van der Waals surface area (Å²) >= 11 is 0. The molecule has 0 radical (unpaired) electrons. The molecule has 112 valence electrons. The summed E-state index contributed by atoms with van der Waals surface area (Å²) in [6, 6.07) is 6.67. The van der Waals surface area contributed by atoms with Crippen molar-refractivity contribution in [3.05, 3.63) is 57.9 Å². The molecular weight excluding hydrogens is 286 g/mol. The van der Waals surface area contributed by atoms with E-state index in [1.165, 1.54) is 10.7 Å². The lowest BCUT2D eigenvalue weighted by molar-refractivity contribution is 0.102. The van der Waals surface area contributed by atoms with Gasteiger partial charge in [-0.3, -0.25) is 4.79 Å². The Labute approximate surface area is 125 Å². The van der Waals surface area contributed by atoms with Crippen molar-refractivity contribution in [1.82, 2.24) is 14.9 Å². The Kier molecular flexibility index (Phi) is 3.12. The minimum atomic E-state index is -0.205. The number of ether oxygens (including phenoxy) is 1. The summed E-state index contributed by atoms with van der Waals surface area (Å²) in [5.41, 5.74) is 1.99. The molecule has 1 aliphatic rings. The lowest BCUT2D eigenvalue weighted by Crippen LogP contribution is -2.23. The second-order valence-electron chi connectivity index (χ2n) is 5.03. The summed E-state index contributed by atoms with van der Waals surface area (Å²) in [5, 5.41) is 8.37. The fourth-order valence-electron chi connectivity index (χ4n) is 2.46. The molecule has 0 saturated carbocycles. The maximum Gasteiger partial charge on any atom is 0.267 e. The average Bonchev–Trinajstić information content (AvgIpc) is 3.20. The molecule has 1 aliphatic heterocycles. The molecule has 0 unspecified atom stereocenters. The van der Waals surface area contributed by atoms with Crippen LogP contribution in [-0.4, -0.2) is 21.5 Å². The predicted molar refractivity (Wildman–Crippen MR) is 75.2 cm³/mol. The van der Waals surface area contributed by atoms with Crippen LogP contribution in [-0.2, 0) is 24.3 Å². The zero-order valence-electron chi connectivity index (χ0n) is 11.7.